The summed E-state index contributed by atoms with van der Waals surface area (Å²) in [6.45, 7) is 2.95. The Hall–Kier alpha value is -1.51. The lowest BCUT2D eigenvalue weighted by atomic mass is 10.1. The Morgan fingerprint density at radius 2 is 1.94 bits per heavy atom. The third-order valence-electron chi connectivity index (χ3n) is 3.39. The van der Waals surface area contributed by atoms with Gasteiger partial charge in [-0.25, -0.2) is 4.99 Å². The fourth-order valence-electron chi connectivity index (χ4n) is 2.47. The van der Waals surface area contributed by atoms with E-state index >= 15 is 0 Å². The molecule has 0 aliphatic carbocycles. The molecule has 3 nitrogen and oxygen atoms in total. The highest BCUT2D eigenvalue weighted by Gasteiger charge is 2.25. The predicted molar refractivity (Wildman–Crippen MR) is 68.1 cm³/mol. The molecular formula is C14H18N2O. The van der Waals surface area contributed by atoms with E-state index in [0.29, 0.717) is 6.04 Å². The van der Waals surface area contributed by atoms with Crippen molar-refractivity contribution in [1.29, 1.82) is 0 Å². The molecule has 1 atom stereocenters. The van der Waals surface area contributed by atoms with Crippen molar-refractivity contribution in [1.82, 2.24) is 4.90 Å². The normalized spacial score (nSPS) is 23.6. The first-order valence-electron chi connectivity index (χ1n) is 6.41. The Labute approximate surface area is 102 Å². The van der Waals surface area contributed by atoms with Crippen LogP contribution >= 0.6 is 0 Å². The van der Waals surface area contributed by atoms with Gasteiger partial charge in [0.15, 0.2) is 0 Å². The topological polar surface area (TPSA) is 24.8 Å². The molecule has 1 aromatic carbocycles. The number of likely N-dealkylation sites (tertiary alicyclic amines) is 1. The zero-order valence-corrected chi connectivity index (χ0v) is 10.0. The first-order valence-corrected chi connectivity index (χ1v) is 6.41. The highest BCUT2D eigenvalue weighted by molar-refractivity contribution is 5.75. The Bertz CT molecular complexity index is 396. The van der Waals surface area contributed by atoms with E-state index in [2.05, 4.69) is 34.2 Å². The fraction of sp³-hybridized carbons (Fsp3) is 0.500. The molecule has 0 unspecified atom stereocenters. The summed E-state index contributed by atoms with van der Waals surface area (Å²) in [7, 11) is 0. The SMILES string of the molecule is c1ccc(C[C@H]2COC(N3CCCC3)=N2)cc1. The number of ether oxygens (including phenoxy) is 1. The second-order valence-corrected chi connectivity index (χ2v) is 4.76. The Morgan fingerprint density at radius 3 is 2.71 bits per heavy atom. The highest BCUT2D eigenvalue weighted by atomic mass is 16.5. The Morgan fingerprint density at radius 1 is 1.18 bits per heavy atom. The molecule has 1 aromatic rings. The van der Waals surface area contributed by atoms with Crippen molar-refractivity contribution in [2.45, 2.75) is 25.3 Å². The minimum atomic E-state index is 0.299. The van der Waals surface area contributed by atoms with Crippen LogP contribution in [0.2, 0.25) is 0 Å². The minimum Gasteiger partial charge on any atom is -0.463 e. The average Bonchev–Trinajstić information content (AvgIpc) is 3.00. The van der Waals surface area contributed by atoms with Gasteiger partial charge in [0.1, 0.15) is 6.61 Å². The average molecular weight is 230 g/mol. The molecule has 17 heavy (non-hydrogen) atoms. The largest absolute Gasteiger partial charge is 0.463 e. The molecule has 3 rings (SSSR count). The van der Waals surface area contributed by atoms with Crippen LogP contribution in [-0.2, 0) is 11.2 Å². The summed E-state index contributed by atoms with van der Waals surface area (Å²) in [6.07, 6.45) is 3.52. The van der Waals surface area contributed by atoms with E-state index in [0.717, 1.165) is 32.1 Å². The predicted octanol–water partition coefficient (Wildman–Crippen LogP) is 2.08. The zero-order chi connectivity index (χ0) is 11.5. The van der Waals surface area contributed by atoms with Crippen molar-refractivity contribution >= 4 is 6.02 Å². The van der Waals surface area contributed by atoms with Crippen LogP contribution in [0.5, 0.6) is 0 Å². The van der Waals surface area contributed by atoms with Crippen LogP contribution in [0.15, 0.2) is 35.3 Å². The molecule has 90 valence electrons. The minimum absolute atomic E-state index is 0.299. The lowest BCUT2D eigenvalue weighted by Crippen LogP contribution is -2.27. The highest BCUT2D eigenvalue weighted by Crippen LogP contribution is 2.16. The molecule has 2 heterocycles. The van der Waals surface area contributed by atoms with Gasteiger partial charge >= 0.3 is 0 Å². The summed E-state index contributed by atoms with van der Waals surface area (Å²) in [4.78, 5) is 6.95. The van der Waals surface area contributed by atoms with Gasteiger partial charge in [-0.1, -0.05) is 30.3 Å². The molecule has 0 saturated carbocycles. The summed E-state index contributed by atoms with van der Waals surface area (Å²) in [5.74, 6) is 0. The zero-order valence-electron chi connectivity index (χ0n) is 10.0. The number of nitrogens with zero attached hydrogens (tertiary/aromatic N) is 2. The van der Waals surface area contributed by atoms with Gasteiger partial charge in [0.2, 0.25) is 0 Å². The van der Waals surface area contributed by atoms with E-state index in [1.807, 2.05) is 6.07 Å². The van der Waals surface area contributed by atoms with Crippen LogP contribution in [0.3, 0.4) is 0 Å². The van der Waals surface area contributed by atoms with Crippen molar-refractivity contribution in [3.8, 4) is 0 Å². The van der Waals surface area contributed by atoms with E-state index in [1.165, 1.54) is 18.4 Å². The molecule has 3 heteroatoms. The number of hydrogen-bond acceptors (Lipinski definition) is 3. The van der Waals surface area contributed by atoms with Crippen LogP contribution in [0, 0.1) is 0 Å². The van der Waals surface area contributed by atoms with E-state index in [-0.39, 0.29) is 0 Å². The summed E-state index contributed by atoms with van der Waals surface area (Å²) >= 11 is 0. The van der Waals surface area contributed by atoms with Crippen LogP contribution in [-0.4, -0.2) is 36.7 Å². The molecule has 0 aromatic heterocycles. The van der Waals surface area contributed by atoms with Crippen molar-refractivity contribution < 1.29 is 4.74 Å². The van der Waals surface area contributed by atoms with Crippen LogP contribution in [0.25, 0.3) is 0 Å². The van der Waals surface area contributed by atoms with E-state index in [9.17, 15) is 0 Å². The van der Waals surface area contributed by atoms with Gasteiger partial charge in [0, 0.05) is 13.1 Å². The first kappa shape index (κ1) is 10.6. The van der Waals surface area contributed by atoms with Gasteiger partial charge in [-0.05, 0) is 24.8 Å². The van der Waals surface area contributed by atoms with Gasteiger partial charge in [-0.15, -0.1) is 0 Å². The van der Waals surface area contributed by atoms with Crippen LogP contribution in [0.4, 0.5) is 0 Å². The van der Waals surface area contributed by atoms with Crippen LogP contribution in [0.1, 0.15) is 18.4 Å². The number of benzene rings is 1. The lowest BCUT2D eigenvalue weighted by molar-refractivity contribution is 0.266. The maximum Gasteiger partial charge on any atom is 0.287 e. The van der Waals surface area contributed by atoms with Gasteiger partial charge in [0.05, 0.1) is 6.04 Å². The maximum absolute atomic E-state index is 5.70. The summed E-state index contributed by atoms with van der Waals surface area (Å²) < 4.78 is 5.70. The molecule has 0 radical (unpaired) electrons. The fourth-order valence-corrected chi connectivity index (χ4v) is 2.47. The van der Waals surface area contributed by atoms with E-state index in [1.54, 1.807) is 0 Å². The maximum atomic E-state index is 5.70. The van der Waals surface area contributed by atoms with Crippen molar-refractivity contribution in [3.05, 3.63) is 35.9 Å². The van der Waals surface area contributed by atoms with E-state index < -0.39 is 0 Å². The Balaban J connectivity index is 1.62. The quantitative estimate of drug-likeness (QED) is 0.777. The molecular weight excluding hydrogens is 212 g/mol. The monoisotopic (exact) mass is 230 g/mol. The van der Waals surface area contributed by atoms with Crippen molar-refractivity contribution in [3.63, 3.8) is 0 Å². The summed E-state index contributed by atoms with van der Waals surface area (Å²) in [5.41, 5.74) is 1.34. The lowest BCUT2D eigenvalue weighted by Gasteiger charge is -2.14. The third kappa shape index (κ3) is 2.43. The molecule has 2 aliphatic heterocycles. The molecule has 0 N–H and O–H groups in total. The van der Waals surface area contributed by atoms with Crippen LogP contribution < -0.4 is 0 Å². The van der Waals surface area contributed by atoms with Gasteiger partial charge < -0.3 is 9.64 Å². The smallest absolute Gasteiger partial charge is 0.287 e. The van der Waals surface area contributed by atoms with Gasteiger partial charge in [-0.2, -0.15) is 0 Å². The molecule has 1 fully saturated rings. The molecule has 0 bridgehead atoms. The summed E-state index contributed by atoms with van der Waals surface area (Å²) in [5, 5.41) is 0. The van der Waals surface area contributed by atoms with Gasteiger partial charge in [0.25, 0.3) is 6.02 Å². The number of rotatable bonds is 2. The first-order chi connectivity index (χ1) is 8.42. The third-order valence-corrected chi connectivity index (χ3v) is 3.39. The standard InChI is InChI=1S/C14H18N2O/c1-2-6-12(7-3-1)10-13-11-17-14(15-13)16-8-4-5-9-16/h1-3,6-7,13H,4-5,8-11H2/t13-/m0/s1. The number of amidine groups is 1. The molecule has 0 spiro atoms. The molecule has 0 amide bonds. The second-order valence-electron chi connectivity index (χ2n) is 4.76. The number of hydrogen-bond donors (Lipinski definition) is 0. The van der Waals surface area contributed by atoms with Crippen molar-refractivity contribution in [2.75, 3.05) is 19.7 Å². The summed E-state index contributed by atoms with van der Waals surface area (Å²) in [6, 6.07) is 11.7. The molecule has 1 saturated heterocycles. The van der Waals surface area contributed by atoms with Crippen molar-refractivity contribution in [2.24, 2.45) is 4.99 Å². The second kappa shape index (κ2) is 4.78. The number of aliphatic imine (C=N–C) groups is 1. The van der Waals surface area contributed by atoms with Gasteiger partial charge in [-0.3, -0.25) is 0 Å². The Kier molecular flexibility index (Phi) is 2.99. The van der Waals surface area contributed by atoms with E-state index in [4.69, 9.17) is 4.74 Å². The molecule has 2 aliphatic rings.